The van der Waals surface area contributed by atoms with E-state index in [9.17, 15) is 9.90 Å². The highest BCUT2D eigenvalue weighted by Crippen LogP contribution is 2.29. The molecule has 144 valence electrons. The van der Waals surface area contributed by atoms with Crippen molar-refractivity contribution in [1.29, 1.82) is 0 Å². The number of nitrogens with zero attached hydrogens (tertiary/aromatic N) is 1. The molecule has 2 aromatic carbocycles. The number of hydrogen-bond donors (Lipinski definition) is 2. The number of phenolic OH excluding ortho intramolecular Hbond substituents is 1. The number of nitrogens with one attached hydrogen (secondary N) is 1. The van der Waals surface area contributed by atoms with E-state index in [0.29, 0.717) is 35.0 Å². The maximum atomic E-state index is 12.3. The average Bonchev–Trinajstić information content (AvgIpc) is 2.64. The number of benzene rings is 2. The zero-order chi connectivity index (χ0) is 19.8. The fourth-order valence-electron chi connectivity index (χ4n) is 2.30. The first kappa shape index (κ1) is 20.1. The minimum Gasteiger partial charge on any atom is -0.504 e. The van der Waals surface area contributed by atoms with Gasteiger partial charge in [0.25, 0.3) is 5.91 Å². The average molecular weight is 372 g/mol. The molecule has 1 amide bonds. The number of rotatable bonds is 8. The summed E-state index contributed by atoms with van der Waals surface area (Å²) in [7, 11) is 1.51. The van der Waals surface area contributed by atoms with Crippen LogP contribution < -0.4 is 19.6 Å². The van der Waals surface area contributed by atoms with E-state index in [1.54, 1.807) is 36.4 Å². The standard InChI is InChI=1S/C20H24N2O5/c1-5-26-17-8-6-7-15(19(17)23)12-21-22-20(24)14-9-10-16(27-13(2)3)18(11-14)25-4/h6-13,23H,5H2,1-4H3,(H,22,24)/b21-12+. The van der Waals surface area contributed by atoms with Crippen molar-refractivity contribution in [3.8, 4) is 23.0 Å². The number of carbonyl (C=O) groups is 1. The Morgan fingerprint density at radius 2 is 2.00 bits per heavy atom. The van der Waals surface area contributed by atoms with Crippen molar-refractivity contribution in [2.45, 2.75) is 26.9 Å². The first-order valence-corrected chi connectivity index (χ1v) is 8.59. The van der Waals surface area contributed by atoms with E-state index in [-0.39, 0.29) is 11.9 Å². The van der Waals surface area contributed by atoms with E-state index in [2.05, 4.69) is 10.5 Å². The zero-order valence-electron chi connectivity index (χ0n) is 15.9. The Bertz CT molecular complexity index is 818. The Morgan fingerprint density at radius 1 is 1.22 bits per heavy atom. The molecule has 0 aliphatic rings. The Kier molecular flexibility index (Phi) is 7.05. The largest absolute Gasteiger partial charge is 0.504 e. The Balaban J connectivity index is 2.09. The van der Waals surface area contributed by atoms with Gasteiger partial charge in [0, 0.05) is 11.1 Å². The van der Waals surface area contributed by atoms with Gasteiger partial charge in [-0.3, -0.25) is 4.79 Å². The van der Waals surface area contributed by atoms with Crippen LogP contribution in [0, 0.1) is 0 Å². The lowest BCUT2D eigenvalue weighted by atomic mass is 10.2. The second kappa shape index (κ2) is 9.47. The Morgan fingerprint density at radius 3 is 2.67 bits per heavy atom. The van der Waals surface area contributed by atoms with E-state index in [1.165, 1.54) is 13.3 Å². The normalized spacial score (nSPS) is 10.9. The highest BCUT2D eigenvalue weighted by molar-refractivity contribution is 5.95. The lowest BCUT2D eigenvalue weighted by Crippen LogP contribution is -2.18. The summed E-state index contributed by atoms with van der Waals surface area (Å²) in [4.78, 5) is 12.3. The SMILES string of the molecule is CCOc1cccc(/C=N/NC(=O)c2ccc(OC(C)C)c(OC)c2)c1O. The Hall–Kier alpha value is -3.22. The van der Waals surface area contributed by atoms with Gasteiger partial charge in [-0.25, -0.2) is 5.43 Å². The molecule has 0 radical (unpaired) electrons. The number of amides is 1. The molecule has 0 aromatic heterocycles. The first-order valence-electron chi connectivity index (χ1n) is 8.59. The van der Waals surface area contributed by atoms with E-state index >= 15 is 0 Å². The van der Waals surface area contributed by atoms with Crippen LogP contribution in [0.1, 0.15) is 36.7 Å². The number of hydrogen-bond acceptors (Lipinski definition) is 6. The third-order valence-corrected chi connectivity index (χ3v) is 3.49. The van der Waals surface area contributed by atoms with Crippen LogP contribution in [0.3, 0.4) is 0 Å². The lowest BCUT2D eigenvalue weighted by molar-refractivity contribution is 0.0954. The molecule has 0 saturated carbocycles. The van der Waals surface area contributed by atoms with Crippen LogP contribution >= 0.6 is 0 Å². The number of aromatic hydroxyl groups is 1. The minimum absolute atomic E-state index is 0.0108. The van der Waals surface area contributed by atoms with Gasteiger partial charge in [-0.05, 0) is 51.1 Å². The molecular formula is C20H24N2O5. The lowest BCUT2D eigenvalue weighted by Gasteiger charge is -2.14. The summed E-state index contributed by atoms with van der Waals surface area (Å²) in [5.41, 5.74) is 3.22. The summed E-state index contributed by atoms with van der Waals surface area (Å²) in [6.07, 6.45) is 1.34. The molecule has 2 rings (SSSR count). The van der Waals surface area contributed by atoms with Gasteiger partial charge >= 0.3 is 0 Å². The summed E-state index contributed by atoms with van der Waals surface area (Å²) in [5.74, 6) is 0.932. The highest BCUT2D eigenvalue weighted by atomic mass is 16.5. The maximum Gasteiger partial charge on any atom is 0.271 e. The number of phenols is 1. The van der Waals surface area contributed by atoms with Gasteiger partial charge in [0.15, 0.2) is 23.0 Å². The maximum absolute atomic E-state index is 12.3. The van der Waals surface area contributed by atoms with Crippen LogP contribution in [0.5, 0.6) is 23.0 Å². The molecule has 27 heavy (non-hydrogen) atoms. The summed E-state index contributed by atoms with van der Waals surface area (Å²) in [5, 5.41) is 14.0. The molecule has 2 aromatic rings. The molecule has 0 unspecified atom stereocenters. The molecule has 0 bridgehead atoms. The molecule has 0 heterocycles. The van der Waals surface area contributed by atoms with Crippen LogP contribution in [-0.2, 0) is 0 Å². The molecule has 0 spiro atoms. The highest BCUT2D eigenvalue weighted by Gasteiger charge is 2.12. The van der Waals surface area contributed by atoms with Crippen molar-refractivity contribution in [3.05, 3.63) is 47.5 Å². The van der Waals surface area contributed by atoms with Crippen molar-refractivity contribution in [2.24, 2.45) is 5.10 Å². The topological polar surface area (TPSA) is 89.4 Å². The summed E-state index contributed by atoms with van der Waals surface area (Å²) >= 11 is 0. The second-order valence-electron chi connectivity index (χ2n) is 5.86. The number of methoxy groups -OCH3 is 1. The van der Waals surface area contributed by atoms with Gasteiger partial charge < -0.3 is 19.3 Å². The fourth-order valence-corrected chi connectivity index (χ4v) is 2.30. The van der Waals surface area contributed by atoms with E-state index in [4.69, 9.17) is 14.2 Å². The van der Waals surface area contributed by atoms with E-state index < -0.39 is 5.91 Å². The van der Waals surface area contributed by atoms with Crippen LogP contribution in [0.25, 0.3) is 0 Å². The number of carbonyl (C=O) groups excluding carboxylic acids is 1. The Labute approximate surface area is 158 Å². The van der Waals surface area contributed by atoms with Gasteiger partial charge in [0.05, 0.1) is 26.0 Å². The van der Waals surface area contributed by atoms with Gasteiger partial charge in [-0.15, -0.1) is 0 Å². The molecule has 0 fully saturated rings. The zero-order valence-corrected chi connectivity index (χ0v) is 15.9. The quantitative estimate of drug-likeness (QED) is 0.548. The van der Waals surface area contributed by atoms with Crippen molar-refractivity contribution in [3.63, 3.8) is 0 Å². The molecule has 0 aliphatic heterocycles. The molecular weight excluding hydrogens is 348 g/mol. The summed E-state index contributed by atoms with van der Waals surface area (Å²) in [6, 6.07) is 9.92. The van der Waals surface area contributed by atoms with Crippen LogP contribution in [-0.4, -0.2) is 37.0 Å². The third kappa shape index (κ3) is 5.37. The van der Waals surface area contributed by atoms with E-state index in [0.717, 1.165) is 0 Å². The van der Waals surface area contributed by atoms with Gasteiger partial charge in [-0.2, -0.15) is 5.10 Å². The van der Waals surface area contributed by atoms with Crippen LogP contribution in [0.2, 0.25) is 0 Å². The predicted octanol–water partition coefficient (Wildman–Crippen LogP) is 3.35. The molecule has 0 aliphatic carbocycles. The van der Waals surface area contributed by atoms with Crippen LogP contribution in [0.15, 0.2) is 41.5 Å². The number of para-hydroxylation sites is 1. The van der Waals surface area contributed by atoms with Gasteiger partial charge in [0.2, 0.25) is 0 Å². The van der Waals surface area contributed by atoms with E-state index in [1.807, 2.05) is 20.8 Å². The molecule has 7 nitrogen and oxygen atoms in total. The number of hydrazone groups is 1. The van der Waals surface area contributed by atoms with Crippen LogP contribution in [0.4, 0.5) is 0 Å². The molecule has 2 N–H and O–H groups in total. The summed E-state index contributed by atoms with van der Waals surface area (Å²) < 4.78 is 16.2. The first-order chi connectivity index (χ1) is 13.0. The molecule has 0 saturated heterocycles. The minimum atomic E-state index is -0.416. The van der Waals surface area contributed by atoms with Crippen molar-refractivity contribution in [2.75, 3.05) is 13.7 Å². The van der Waals surface area contributed by atoms with Gasteiger partial charge in [0.1, 0.15) is 0 Å². The number of ether oxygens (including phenoxy) is 3. The van der Waals surface area contributed by atoms with Gasteiger partial charge in [-0.1, -0.05) is 6.07 Å². The smallest absolute Gasteiger partial charge is 0.271 e. The van der Waals surface area contributed by atoms with Crippen molar-refractivity contribution in [1.82, 2.24) is 5.43 Å². The third-order valence-electron chi connectivity index (χ3n) is 3.49. The predicted molar refractivity (Wildman–Crippen MR) is 103 cm³/mol. The monoisotopic (exact) mass is 372 g/mol. The molecule has 7 heteroatoms. The molecule has 0 atom stereocenters. The van der Waals surface area contributed by atoms with Crippen molar-refractivity contribution >= 4 is 12.1 Å². The summed E-state index contributed by atoms with van der Waals surface area (Å²) in [6.45, 7) is 6.07. The fraction of sp³-hybridized carbons (Fsp3) is 0.300. The van der Waals surface area contributed by atoms with Crippen molar-refractivity contribution < 1.29 is 24.1 Å². The second-order valence-corrected chi connectivity index (χ2v) is 5.86.